The second-order valence-corrected chi connectivity index (χ2v) is 5.50. The van der Waals surface area contributed by atoms with E-state index >= 15 is 0 Å². The van der Waals surface area contributed by atoms with Crippen molar-refractivity contribution in [2.45, 2.75) is 66.6 Å². The van der Waals surface area contributed by atoms with Crippen molar-refractivity contribution < 1.29 is 9.47 Å². The quantitative estimate of drug-likeness (QED) is 0.647. The van der Waals surface area contributed by atoms with Crippen LogP contribution in [0.4, 0.5) is 0 Å². The molecule has 0 aromatic heterocycles. The van der Waals surface area contributed by atoms with Crippen LogP contribution in [-0.4, -0.2) is 24.9 Å². The van der Waals surface area contributed by atoms with Crippen molar-refractivity contribution >= 4 is 0 Å². The summed E-state index contributed by atoms with van der Waals surface area (Å²) in [7, 11) is 0. The van der Waals surface area contributed by atoms with Gasteiger partial charge in [-0.3, -0.25) is 0 Å². The SMILES string of the molecule is CCOC(C)(C)C(C)(C)CCOC(C)C. The number of hydrogen-bond acceptors (Lipinski definition) is 2. The highest BCUT2D eigenvalue weighted by molar-refractivity contribution is 4.87. The first-order valence-electron chi connectivity index (χ1n) is 5.98. The van der Waals surface area contributed by atoms with Crippen molar-refractivity contribution in [3.05, 3.63) is 0 Å². The Balaban J connectivity index is 4.15. The lowest BCUT2D eigenvalue weighted by atomic mass is 9.74. The van der Waals surface area contributed by atoms with Gasteiger partial charge in [-0.05, 0) is 46.5 Å². The monoisotopic (exact) mass is 216 g/mol. The van der Waals surface area contributed by atoms with E-state index in [0.29, 0.717) is 6.10 Å². The molecule has 0 N–H and O–H groups in total. The minimum absolute atomic E-state index is 0.0951. The molecule has 92 valence electrons. The Morgan fingerprint density at radius 2 is 1.60 bits per heavy atom. The highest BCUT2D eigenvalue weighted by Crippen LogP contribution is 2.36. The van der Waals surface area contributed by atoms with Crippen LogP contribution in [0, 0.1) is 5.41 Å². The molecule has 0 amide bonds. The molecule has 15 heavy (non-hydrogen) atoms. The van der Waals surface area contributed by atoms with Gasteiger partial charge in [-0.2, -0.15) is 0 Å². The van der Waals surface area contributed by atoms with E-state index < -0.39 is 0 Å². The Hall–Kier alpha value is -0.0800. The standard InChI is InChI=1S/C13H28O2/c1-8-15-13(6,7)12(4,5)9-10-14-11(2)3/h11H,8-10H2,1-7H3. The second-order valence-electron chi connectivity index (χ2n) is 5.50. The summed E-state index contributed by atoms with van der Waals surface area (Å²) in [6.45, 7) is 16.6. The Bertz CT molecular complexity index is 171. The molecule has 0 aliphatic heterocycles. The third kappa shape index (κ3) is 4.98. The van der Waals surface area contributed by atoms with Gasteiger partial charge in [-0.1, -0.05) is 13.8 Å². The van der Waals surface area contributed by atoms with Crippen molar-refractivity contribution in [2.75, 3.05) is 13.2 Å². The van der Waals surface area contributed by atoms with E-state index in [9.17, 15) is 0 Å². The summed E-state index contributed by atoms with van der Waals surface area (Å²) in [5.74, 6) is 0. The van der Waals surface area contributed by atoms with Crippen LogP contribution in [0.2, 0.25) is 0 Å². The lowest BCUT2D eigenvalue weighted by Crippen LogP contribution is -2.42. The molecule has 0 fully saturated rings. The molecular formula is C13H28O2. The number of hydrogen-bond donors (Lipinski definition) is 0. The van der Waals surface area contributed by atoms with Crippen LogP contribution >= 0.6 is 0 Å². The van der Waals surface area contributed by atoms with Gasteiger partial charge in [0.2, 0.25) is 0 Å². The zero-order valence-electron chi connectivity index (χ0n) is 11.5. The van der Waals surface area contributed by atoms with Crippen LogP contribution in [0.1, 0.15) is 54.9 Å². The van der Waals surface area contributed by atoms with Crippen molar-refractivity contribution in [1.82, 2.24) is 0 Å². The van der Waals surface area contributed by atoms with E-state index in [1.807, 2.05) is 6.92 Å². The number of rotatable bonds is 7. The maximum atomic E-state index is 5.80. The number of ether oxygens (including phenoxy) is 2. The highest BCUT2D eigenvalue weighted by Gasteiger charge is 2.37. The van der Waals surface area contributed by atoms with Crippen molar-refractivity contribution in [3.63, 3.8) is 0 Å². The largest absolute Gasteiger partial charge is 0.379 e. The average molecular weight is 216 g/mol. The van der Waals surface area contributed by atoms with E-state index in [1.165, 1.54) is 0 Å². The molecular weight excluding hydrogens is 188 g/mol. The van der Waals surface area contributed by atoms with Crippen molar-refractivity contribution in [1.29, 1.82) is 0 Å². The molecule has 0 aliphatic carbocycles. The third-order valence-corrected chi connectivity index (χ3v) is 3.31. The summed E-state index contributed by atoms with van der Waals surface area (Å²) in [6.07, 6.45) is 1.34. The van der Waals surface area contributed by atoms with Crippen LogP contribution in [0.5, 0.6) is 0 Å². The minimum atomic E-state index is -0.0951. The van der Waals surface area contributed by atoms with E-state index in [1.54, 1.807) is 0 Å². The first-order chi connectivity index (χ1) is 6.73. The van der Waals surface area contributed by atoms with Gasteiger partial charge in [0.25, 0.3) is 0 Å². The smallest absolute Gasteiger partial charge is 0.0677 e. The summed E-state index contributed by atoms with van der Waals surface area (Å²) in [6, 6.07) is 0. The van der Waals surface area contributed by atoms with Crippen LogP contribution in [0.25, 0.3) is 0 Å². The van der Waals surface area contributed by atoms with E-state index in [2.05, 4.69) is 41.5 Å². The second kappa shape index (κ2) is 5.86. The Labute approximate surface area is 95.3 Å². The molecule has 0 aromatic carbocycles. The zero-order chi connectivity index (χ0) is 12.1. The molecule has 0 spiro atoms. The van der Waals surface area contributed by atoms with Crippen LogP contribution in [0.15, 0.2) is 0 Å². The lowest BCUT2D eigenvalue weighted by Gasteiger charge is -2.41. The van der Waals surface area contributed by atoms with Gasteiger partial charge in [0.15, 0.2) is 0 Å². The van der Waals surface area contributed by atoms with Gasteiger partial charge >= 0.3 is 0 Å². The van der Waals surface area contributed by atoms with Crippen LogP contribution < -0.4 is 0 Å². The van der Waals surface area contributed by atoms with Gasteiger partial charge in [0, 0.05) is 13.2 Å². The lowest BCUT2D eigenvalue weighted by molar-refractivity contribution is -0.105. The topological polar surface area (TPSA) is 18.5 Å². The third-order valence-electron chi connectivity index (χ3n) is 3.31. The molecule has 0 aromatic rings. The zero-order valence-corrected chi connectivity index (χ0v) is 11.5. The highest BCUT2D eigenvalue weighted by atomic mass is 16.5. The van der Waals surface area contributed by atoms with Crippen LogP contribution in [-0.2, 0) is 9.47 Å². The summed E-state index contributed by atoms with van der Waals surface area (Å²) in [5.41, 5.74) is 0.0417. The van der Waals surface area contributed by atoms with Gasteiger partial charge in [-0.15, -0.1) is 0 Å². The van der Waals surface area contributed by atoms with Gasteiger partial charge < -0.3 is 9.47 Å². The molecule has 2 heteroatoms. The summed E-state index contributed by atoms with van der Waals surface area (Å²) in [5, 5.41) is 0. The fourth-order valence-electron chi connectivity index (χ4n) is 1.41. The van der Waals surface area contributed by atoms with E-state index in [4.69, 9.17) is 9.47 Å². The van der Waals surface area contributed by atoms with Gasteiger partial charge in [0.1, 0.15) is 0 Å². The maximum Gasteiger partial charge on any atom is 0.0677 e. The fourth-order valence-corrected chi connectivity index (χ4v) is 1.41. The molecule has 2 nitrogen and oxygen atoms in total. The summed E-state index contributed by atoms with van der Waals surface area (Å²) >= 11 is 0. The van der Waals surface area contributed by atoms with E-state index in [-0.39, 0.29) is 11.0 Å². The van der Waals surface area contributed by atoms with Crippen molar-refractivity contribution in [3.8, 4) is 0 Å². The first kappa shape index (κ1) is 14.9. The molecule has 0 radical (unpaired) electrons. The molecule has 0 atom stereocenters. The molecule has 0 saturated heterocycles. The Morgan fingerprint density at radius 1 is 1.07 bits per heavy atom. The Kier molecular flexibility index (Phi) is 5.82. The average Bonchev–Trinajstić information content (AvgIpc) is 2.02. The molecule has 0 saturated carbocycles. The first-order valence-corrected chi connectivity index (χ1v) is 5.98. The molecule has 0 rings (SSSR count). The molecule has 0 aliphatic rings. The van der Waals surface area contributed by atoms with Gasteiger partial charge in [0.05, 0.1) is 11.7 Å². The van der Waals surface area contributed by atoms with E-state index in [0.717, 1.165) is 19.6 Å². The normalized spacial score (nSPS) is 13.6. The summed E-state index contributed by atoms with van der Waals surface area (Å²) < 4.78 is 11.4. The maximum absolute atomic E-state index is 5.80. The predicted molar refractivity (Wildman–Crippen MR) is 65.2 cm³/mol. The van der Waals surface area contributed by atoms with Crippen molar-refractivity contribution in [2.24, 2.45) is 5.41 Å². The Morgan fingerprint density at radius 3 is 2.00 bits per heavy atom. The molecule has 0 unspecified atom stereocenters. The van der Waals surface area contributed by atoms with Gasteiger partial charge in [-0.25, -0.2) is 0 Å². The summed E-state index contributed by atoms with van der Waals surface area (Å²) in [4.78, 5) is 0. The fraction of sp³-hybridized carbons (Fsp3) is 1.00. The minimum Gasteiger partial charge on any atom is -0.379 e. The van der Waals surface area contributed by atoms with Crippen LogP contribution in [0.3, 0.4) is 0 Å². The molecule has 0 heterocycles. The molecule has 0 bridgehead atoms. The predicted octanol–water partition coefficient (Wildman–Crippen LogP) is 3.64.